The van der Waals surface area contributed by atoms with Gasteiger partial charge >= 0.3 is 63.2 Å². The third-order valence-electron chi connectivity index (χ3n) is 23.3. The molecule has 666 valence electrons. The average molecular weight is 2280 g/mol. The van der Waals surface area contributed by atoms with E-state index in [2.05, 4.69) is 430 Å². The first-order chi connectivity index (χ1) is 63.0. The summed E-state index contributed by atoms with van der Waals surface area (Å²) in [5.41, 5.74) is 41.9. The first-order valence-electron chi connectivity index (χ1n) is 43.8. The van der Waals surface area contributed by atoms with Crippen LogP contribution in [-0.2, 0) is 68.6 Å². The van der Waals surface area contributed by atoms with Crippen LogP contribution in [0.2, 0.25) is 0 Å². The third-order valence-corrected chi connectivity index (χ3v) is 23.3. The predicted octanol–water partition coefficient (Wildman–Crippen LogP) is 28.0. The van der Waals surface area contributed by atoms with Crippen molar-refractivity contribution < 1.29 is 63.2 Å². The fraction of sp³-hybridized carbons (Fsp3) is 0.136. The summed E-state index contributed by atoms with van der Waals surface area (Å²) in [5, 5.41) is 25.5. The zero-order chi connectivity index (χ0) is 90.5. The maximum Gasteiger partial charge on any atom is 4.00 e. The summed E-state index contributed by atoms with van der Waals surface area (Å²) in [5.74, 6) is 0. The number of nitrogens with zero attached hydrogens (tertiary/aromatic N) is 12. The number of aryl methyl sites for hydroxylation is 9. The van der Waals surface area contributed by atoms with Crippen molar-refractivity contribution in [3.8, 4) is 101 Å². The van der Waals surface area contributed by atoms with Gasteiger partial charge in [-0.1, -0.05) is 265 Å². The van der Waals surface area contributed by atoms with Crippen LogP contribution in [0.15, 0.2) is 340 Å². The fourth-order valence-electron chi connectivity index (χ4n) is 16.7. The molecule has 18 aromatic rings. The molecule has 0 bridgehead atoms. The Morgan fingerprint density at radius 2 is 0.707 bits per heavy atom. The van der Waals surface area contributed by atoms with Gasteiger partial charge in [-0.15, -0.1) is 142 Å². The number of aromatic nitrogens is 6. The normalized spacial score (nSPS) is 12.1. The molecule has 0 aliphatic carbocycles. The molecule has 3 aliphatic heterocycles. The summed E-state index contributed by atoms with van der Waals surface area (Å²) in [4.78, 5) is 12.8. The Balaban J connectivity index is 0.000000139. The number of fused-ring (bicyclic) bond motifs is 3. The standard InChI is InChI=1S/2C28H24N2.C24H22N2.C14H16N2.C13H8N2.C11H10N2.3Pt/c2*1-20-17-24(22-9-5-4-6-10-22)18-21(2)28(20)23-13-15-25(16-14-23)30-19-29(3)26-11-7-8-12-27(26)30;1-18-15-22(20-7-5-4-6-8-20)16-19(2)24(18)21-9-11-23(12-10-21)26-14-13-25(3)17-26;1-10-9-13(16-15-10)11-5-7-12(8-6-11)14(2,3)4;1-2-6-10(7-3-1)13-11-8-4-5-9-12(11)14-15-13;1-8-3-5-10(6-4-8)11-7-9(2)12-13-11;;;/h2*4-15,17-19H,1-3H3;4-11,13-17H,1-3H3;5,7-9H,1-4H3;1-6,8-9H;3-5,7H,1-2H3;;;/q6*-2;3*+4. The quantitative estimate of drug-likeness (QED) is 0.109. The Labute approximate surface area is 829 Å². The number of hydrogen-bond acceptors (Lipinski definition) is 9. The van der Waals surface area contributed by atoms with E-state index in [9.17, 15) is 0 Å². The van der Waals surface area contributed by atoms with Gasteiger partial charge in [-0.05, 0) is 158 Å². The largest absolute Gasteiger partial charge is 4.00 e. The smallest absolute Gasteiger partial charge is 0.619 e. The van der Waals surface area contributed by atoms with Gasteiger partial charge in [0.2, 0.25) is 0 Å². The van der Waals surface area contributed by atoms with Crippen LogP contribution in [0.1, 0.15) is 76.7 Å². The van der Waals surface area contributed by atoms with Gasteiger partial charge < -0.3 is 60.0 Å². The van der Waals surface area contributed by atoms with Crippen molar-refractivity contribution in [1.29, 1.82) is 0 Å². The minimum absolute atomic E-state index is 0. The fourth-order valence-corrected chi connectivity index (χ4v) is 16.7. The summed E-state index contributed by atoms with van der Waals surface area (Å²) in [7, 11) is 6.17. The summed E-state index contributed by atoms with van der Waals surface area (Å²) in [6, 6.07) is 134. The van der Waals surface area contributed by atoms with E-state index in [1.807, 2.05) is 131 Å². The molecule has 133 heavy (non-hydrogen) atoms. The van der Waals surface area contributed by atoms with Crippen molar-refractivity contribution in [2.24, 2.45) is 0 Å². The van der Waals surface area contributed by atoms with E-state index in [-0.39, 0.29) is 68.6 Å². The number of para-hydroxylation sites is 4. The van der Waals surface area contributed by atoms with Crippen LogP contribution in [-0.4, -0.2) is 41.3 Å². The molecule has 15 aromatic carbocycles. The average Bonchev–Trinajstić information content (AvgIpc) is 1.44. The van der Waals surface area contributed by atoms with Gasteiger partial charge in [0.15, 0.2) is 0 Å². The molecule has 0 unspecified atom stereocenters. The minimum Gasteiger partial charge on any atom is -0.619 e. The Morgan fingerprint density at radius 1 is 0.308 bits per heavy atom. The van der Waals surface area contributed by atoms with Crippen LogP contribution in [0, 0.1) is 119 Å². The molecule has 0 amide bonds. The van der Waals surface area contributed by atoms with E-state index < -0.39 is 0 Å². The molecule has 3 aliphatic rings. The molecule has 6 heterocycles. The van der Waals surface area contributed by atoms with E-state index in [0.29, 0.717) is 0 Å². The van der Waals surface area contributed by atoms with Gasteiger partial charge in [0, 0.05) is 39.7 Å². The molecule has 0 fully saturated rings. The molecular weight excluding hydrogens is 2170 g/mol. The Bertz CT molecular complexity index is 6620. The zero-order valence-corrected chi connectivity index (χ0v) is 84.2. The van der Waals surface area contributed by atoms with Crippen LogP contribution in [0.3, 0.4) is 0 Å². The second kappa shape index (κ2) is 44.3. The SMILES string of the molecule is Cc1c[c-]c(-c2cc(C)n[n-]2)cc1.Cc1cc(-c2[c-]cc(C(C)(C)C)cc2)[n-]n1.Cc1cc(-c2ccccc2)cc(C)c1-c1c[c-]c(N2C=CN(C)[CH-]2)cc1.Cc1cc(-c2ccccc2)cc(C)c1-c1c[c-]c(N2[CH-]N(C)c3ccccc32)cc1.Cc1cc(-c2ccccc2)cc(C)c1-c1c[c-]c(N2[CH-]N(C)c3ccccc32)cc1.[Pt+4].[Pt+4].[Pt+4].[c-]1ccccc1-c1[n-]nc2ccccc12. The van der Waals surface area contributed by atoms with Crippen LogP contribution in [0.25, 0.3) is 111 Å². The molecule has 12 nitrogen and oxygen atoms in total. The number of benzene rings is 15. The molecule has 15 heteroatoms. The van der Waals surface area contributed by atoms with Crippen LogP contribution < -0.4 is 39.8 Å². The van der Waals surface area contributed by atoms with Crippen molar-refractivity contribution in [1.82, 2.24) is 35.5 Å². The topological polar surface area (TPSA) is 100 Å². The molecule has 0 spiro atoms. The summed E-state index contributed by atoms with van der Waals surface area (Å²) in [6.45, 7) is 31.9. The molecule has 3 aromatic heterocycles. The molecule has 0 radical (unpaired) electrons. The summed E-state index contributed by atoms with van der Waals surface area (Å²) >= 11 is 0. The van der Waals surface area contributed by atoms with Crippen molar-refractivity contribution in [2.45, 2.75) is 88.5 Å². The van der Waals surface area contributed by atoms with Crippen molar-refractivity contribution in [3.05, 3.63) is 452 Å². The van der Waals surface area contributed by atoms with Gasteiger partial charge in [-0.25, -0.2) is 11.4 Å². The summed E-state index contributed by atoms with van der Waals surface area (Å²) in [6.07, 6.45) is 4.06. The molecular formula is C118H104N12Pt3. The van der Waals surface area contributed by atoms with E-state index in [1.54, 1.807) is 0 Å². The van der Waals surface area contributed by atoms with Gasteiger partial charge in [-0.3, -0.25) is 0 Å². The van der Waals surface area contributed by atoms with E-state index >= 15 is 0 Å². The van der Waals surface area contributed by atoms with Gasteiger partial charge in [0.05, 0.1) is 0 Å². The van der Waals surface area contributed by atoms with Crippen LogP contribution in [0.4, 0.5) is 39.8 Å². The second-order valence-electron chi connectivity index (χ2n) is 34.2. The van der Waals surface area contributed by atoms with E-state index in [0.717, 1.165) is 73.1 Å². The maximum atomic E-state index is 4.18. The Morgan fingerprint density at radius 3 is 1.07 bits per heavy atom. The zero-order valence-electron chi connectivity index (χ0n) is 77.4. The first kappa shape index (κ1) is 97.3. The molecule has 0 saturated heterocycles. The van der Waals surface area contributed by atoms with E-state index in [4.69, 9.17) is 0 Å². The third kappa shape index (κ3) is 23.3. The maximum absolute atomic E-state index is 4.18. The Hall–Kier alpha value is -13.2. The van der Waals surface area contributed by atoms with Crippen molar-refractivity contribution in [3.63, 3.8) is 0 Å². The molecule has 21 rings (SSSR count). The molecule has 0 saturated carbocycles. The minimum atomic E-state index is 0. The number of rotatable bonds is 12. The van der Waals surface area contributed by atoms with Crippen LogP contribution >= 0.6 is 0 Å². The summed E-state index contributed by atoms with van der Waals surface area (Å²) < 4.78 is 0. The number of hydrogen-bond donors (Lipinski definition) is 0. The number of anilines is 7. The van der Waals surface area contributed by atoms with Gasteiger partial charge in [0.25, 0.3) is 0 Å². The monoisotopic (exact) mass is 2270 g/mol. The molecule has 0 N–H and O–H groups in total. The van der Waals surface area contributed by atoms with E-state index in [1.165, 1.54) is 134 Å². The van der Waals surface area contributed by atoms with Crippen molar-refractivity contribution in [2.75, 3.05) is 45.6 Å². The van der Waals surface area contributed by atoms with Gasteiger partial charge in [0.1, 0.15) is 0 Å². The first-order valence-corrected chi connectivity index (χ1v) is 43.8. The van der Waals surface area contributed by atoms with Crippen LogP contribution in [0.5, 0.6) is 0 Å². The second-order valence-corrected chi connectivity index (χ2v) is 34.2. The van der Waals surface area contributed by atoms with Gasteiger partial charge in [-0.2, -0.15) is 97.0 Å². The van der Waals surface area contributed by atoms with Crippen molar-refractivity contribution >= 4 is 50.7 Å². The molecule has 0 atom stereocenters. The predicted molar refractivity (Wildman–Crippen MR) is 539 cm³/mol. The Kier molecular flexibility index (Phi) is 32.5.